The lowest BCUT2D eigenvalue weighted by molar-refractivity contribution is 0.121. The van der Waals surface area contributed by atoms with Crippen LogP contribution in [0.1, 0.15) is 0 Å². The van der Waals surface area contributed by atoms with Gasteiger partial charge in [-0.1, -0.05) is 0 Å². The van der Waals surface area contributed by atoms with E-state index in [0.29, 0.717) is 0 Å². The van der Waals surface area contributed by atoms with E-state index in [4.69, 9.17) is 29.9 Å². The minimum Gasteiger partial charge on any atom is -0.395 e. The number of aliphatic hydroxyl groups excluding tert-OH is 4. The molecule has 0 saturated carbocycles. The summed E-state index contributed by atoms with van der Waals surface area (Å²) in [6.07, 6.45) is -0.701. The molecule has 0 aliphatic rings. The summed E-state index contributed by atoms with van der Waals surface area (Å²) in [5, 5.41) is 35.6. The number of ether oxygens (including phenoxy) is 2. The lowest BCUT2D eigenvalue weighted by atomic mass is 10.5. The van der Waals surface area contributed by atoms with Gasteiger partial charge in [-0.05, 0) is 0 Å². The van der Waals surface area contributed by atoms with E-state index < -0.39 is 12.2 Å². The predicted molar refractivity (Wildman–Crippen MR) is 85.6 cm³/mol. The topological polar surface area (TPSA) is 166 Å². The third-order valence-electron chi connectivity index (χ3n) is 3.00. The summed E-state index contributed by atoms with van der Waals surface area (Å²) in [6, 6.07) is 1.10. The Morgan fingerprint density at radius 2 is 1.12 bits per heavy atom. The first-order valence-electron chi connectivity index (χ1n) is 7.74. The Kier molecular flexibility index (Phi) is 9.86. The highest BCUT2D eigenvalue weighted by Gasteiger charge is 2.18. The number of hydrogen-bond donors (Lipinski definition) is 4. The van der Waals surface area contributed by atoms with Crippen LogP contribution in [0.5, 0.6) is 11.8 Å². The summed E-state index contributed by atoms with van der Waals surface area (Å²) in [4.78, 5) is 33.5. The first-order valence-corrected chi connectivity index (χ1v) is 7.74. The van der Waals surface area contributed by atoms with Gasteiger partial charge in [0.15, 0.2) is 0 Å². The van der Waals surface area contributed by atoms with Crippen LogP contribution < -0.4 is 9.47 Å². The van der Waals surface area contributed by atoms with Gasteiger partial charge >= 0.3 is 12.2 Å². The number of carbonyl (C=O) groups excluding carboxylic acids is 2. The van der Waals surface area contributed by atoms with E-state index in [9.17, 15) is 9.59 Å². The van der Waals surface area contributed by atoms with Crippen molar-refractivity contribution in [1.82, 2.24) is 19.8 Å². The zero-order valence-electron chi connectivity index (χ0n) is 14.0. The van der Waals surface area contributed by atoms with Crippen LogP contribution >= 0.6 is 0 Å². The Balaban J connectivity index is 2.74. The van der Waals surface area contributed by atoms with Gasteiger partial charge in [-0.25, -0.2) is 19.6 Å². The number of hydrogen-bond acceptors (Lipinski definition) is 10. The Labute approximate surface area is 149 Å². The van der Waals surface area contributed by atoms with Gasteiger partial charge in [-0.15, -0.1) is 0 Å². The minimum absolute atomic E-state index is 0.0381. The molecule has 1 heterocycles. The Morgan fingerprint density at radius 1 is 0.769 bits per heavy atom. The van der Waals surface area contributed by atoms with Gasteiger partial charge < -0.3 is 39.7 Å². The van der Waals surface area contributed by atoms with Gasteiger partial charge in [-0.2, -0.15) is 0 Å². The standard InChI is InChI=1S/C14H22N4O8/c19-5-1-17(2-6-20)13(23)25-11-9-12(16-10-15-11)26-14(24)18(3-7-21)4-8-22/h9-10,19-22H,1-8H2. The van der Waals surface area contributed by atoms with Crippen molar-refractivity contribution in [2.45, 2.75) is 0 Å². The molecule has 0 spiro atoms. The van der Waals surface area contributed by atoms with Crippen LogP contribution in [-0.2, 0) is 0 Å². The predicted octanol–water partition coefficient (Wildman–Crippen LogP) is -1.95. The number of rotatable bonds is 10. The molecule has 0 saturated heterocycles. The van der Waals surface area contributed by atoms with Crippen molar-refractivity contribution < 1.29 is 39.5 Å². The van der Waals surface area contributed by atoms with Gasteiger partial charge in [0.25, 0.3) is 0 Å². The highest BCUT2D eigenvalue weighted by Crippen LogP contribution is 2.15. The maximum absolute atomic E-state index is 12.0. The molecule has 26 heavy (non-hydrogen) atoms. The number of aromatic nitrogens is 2. The SMILES string of the molecule is O=C(Oc1cc(OC(=O)N(CCO)CCO)ncn1)N(CCO)CCO. The van der Waals surface area contributed by atoms with Crippen molar-refractivity contribution in [3.8, 4) is 11.8 Å². The molecule has 0 aliphatic carbocycles. The zero-order chi connectivity index (χ0) is 19.4. The molecule has 0 unspecified atom stereocenters. The molecule has 1 aromatic heterocycles. The molecule has 0 atom stereocenters. The summed E-state index contributed by atoms with van der Waals surface area (Å²) in [5.74, 6) is -0.408. The summed E-state index contributed by atoms with van der Waals surface area (Å²) < 4.78 is 9.98. The zero-order valence-corrected chi connectivity index (χ0v) is 14.0. The fourth-order valence-corrected chi connectivity index (χ4v) is 1.81. The molecule has 12 nitrogen and oxygen atoms in total. The van der Waals surface area contributed by atoms with Crippen molar-refractivity contribution >= 4 is 12.2 Å². The van der Waals surface area contributed by atoms with Gasteiger partial charge in [0.05, 0.1) is 32.5 Å². The van der Waals surface area contributed by atoms with Gasteiger partial charge in [0, 0.05) is 26.2 Å². The summed E-state index contributed by atoms with van der Waals surface area (Å²) in [7, 11) is 0. The van der Waals surface area contributed by atoms with E-state index in [1.54, 1.807) is 0 Å². The van der Waals surface area contributed by atoms with Crippen LogP contribution in [0, 0.1) is 0 Å². The molecule has 4 N–H and O–H groups in total. The first kappa shape index (κ1) is 21.5. The van der Waals surface area contributed by atoms with Gasteiger partial charge in [0.2, 0.25) is 11.8 Å². The average molecular weight is 374 g/mol. The van der Waals surface area contributed by atoms with Crippen molar-refractivity contribution in [3.05, 3.63) is 12.4 Å². The van der Waals surface area contributed by atoms with Gasteiger partial charge in [-0.3, -0.25) is 0 Å². The number of aliphatic hydroxyl groups is 4. The van der Waals surface area contributed by atoms with Crippen LogP contribution in [0.4, 0.5) is 9.59 Å². The van der Waals surface area contributed by atoms with E-state index in [1.807, 2.05) is 0 Å². The number of nitrogens with zero attached hydrogens (tertiary/aromatic N) is 4. The summed E-state index contributed by atoms with van der Waals surface area (Å²) in [6.45, 7) is -1.40. The van der Waals surface area contributed by atoms with E-state index in [1.165, 1.54) is 0 Å². The lowest BCUT2D eigenvalue weighted by Gasteiger charge is -2.20. The molecule has 1 rings (SSSR count). The normalized spacial score (nSPS) is 10.3. The average Bonchev–Trinajstić information content (AvgIpc) is 2.61. The third-order valence-corrected chi connectivity index (χ3v) is 3.00. The van der Waals surface area contributed by atoms with E-state index >= 15 is 0 Å². The summed E-state index contributed by atoms with van der Waals surface area (Å²) >= 11 is 0. The smallest absolute Gasteiger partial charge is 0.395 e. The number of carbonyl (C=O) groups is 2. The maximum Gasteiger partial charge on any atom is 0.416 e. The second-order valence-corrected chi connectivity index (χ2v) is 4.80. The Hall–Kier alpha value is -2.54. The summed E-state index contributed by atoms with van der Waals surface area (Å²) in [5.41, 5.74) is 0. The fourth-order valence-electron chi connectivity index (χ4n) is 1.81. The van der Waals surface area contributed by atoms with E-state index in [-0.39, 0.29) is 64.4 Å². The Morgan fingerprint density at radius 3 is 1.42 bits per heavy atom. The van der Waals surface area contributed by atoms with Crippen LogP contribution in [0.2, 0.25) is 0 Å². The largest absolute Gasteiger partial charge is 0.416 e. The number of amides is 2. The molecular formula is C14H22N4O8. The molecular weight excluding hydrogens is 352 g/mol. The molecule has 0 fully saturated rings. The highest BCUT2D eigenvalue weighted by atomic mass is 16.6. The highest BCUT2D eigenvalue weighted by molar-refractivity contribution is 5.71. The molecule has 0 aliphatic heterocycles. The van der Waals surface area contributed by atoms with Crippen molar-refractivity contribution in [3.63, 3.8) is 0 Å². The lowest BCUT2D eigenvalue weighted by Crippen LogP contribution is -2.38. The molecule has 0 aromatic carbocycles. The maximum atomic E-state index is 12.0. The van der Waals surface area contributed by atoms with Crippen LogP contribution in [-0.4, -0.2) is 105 Å². The van der Waals surface area contributed by atoms with E-state index in [2.05, 4.69) is 9.97 Å². The second kappa shape index (κ2) is 11.9. The molecule has 1 aromatic rings. The quantitative estimate of drug-likeness (QED) is 0.361. The molecule has 146 valence electrons. The molecule has 2 amide bonds. The second-order valence-electron chi connectivity index (χ2n) is 4.80. The van der Waals surface area contributed by atoms with E-state index in [0.717, 1.165) is 22.2 Å². The van der Waals surface area contributed by atoms with Crippen molar-refractivity contribution in [2.75, 3.05) is 52.6 Å². The van der Waals surface area contributed by atoms with Gasteiger partial charge in [0.1, 0.15) is 6.33 Å². The van der Waals surface area contributed by atoms with Crippen LogP contribution in [0.3, 0.4) is 0 Å². The van der Waals surface area contributed by atoms with Crippen LogP contribution in [0.25, 0.3) is 0 Å². The third kappa shape index (κ3) is 7.14. The minimum atomic E-state index is -0.855. The first-order chi connectivity index (χ1) is 12.5. The fraction of sp³-hybridized carbons (Fsp3) is 0.571. The van der Waals surface area contributed by atoms with Crippen LogP contribution in [0.15, 0.2) is 12.4 Å². The molecule has 0 bridgehead atoms. The molecule has 12 heteroatoms. The van der Waals surface area contributed by atoms with Crippen molar-refractivity contribution in [2.24, 2.45) is 0 Å². The van der Waals surface area contributed by atoms with Crippen molar-refractivity contribution in [1.29, 1.82) is 0 Å². The molecule has 0 radical (unpaired) electrons. The Bertz CT molecular complexity index is 516. The monoisotopic (exact) mass is 374 g/mol.